The summed E-state index contributed by atoms with van der Waals surface area (Å²) < 4.78 is 6.23. The van der Waals surface area contributed by atoms with Crippen LogP contribution in [0.2, 0.25) is 10.3 Å². The van der Waals surface area contributed by atoms with Crippen LogP contribution in [-0.4, -0.2) is 27.6 Å². The highest BCUT2D eigenvalue weighted by molar-refractivity contribution is 6.34. The third-order valence-corrected chi connectivity index (χ3v) is 3.20. The molecule has 2 aromatic heterocycles. The fourth-order valence-corrected chi connectivity index (χ4v) is 2.28. The Morgan fingerprint density at radius 3 is 2.58 bits per heavy atom. The minimum atomic E-state index is -0.509. The van der Waals surface area contributed by atoms with E-state index < -0.39 is 5.97 Å². The van der Waals surface area contributed by atoms with Gasteiger partial charge in [-0.15, -0.1) is 0 Å². The summed E-state index contributed by atoms with van der Waals surface area (Å²) >= 11 is 12.1. The molecule has 0 saturated carbocycles. The van der Waals surface area contributed by atoms with Crippen LogP contribution in [0.5, 0.6) is 0 Å². The number of esters is 1. The van der Waals surface area contributed by atoms with Gasteiger partial charge in [0.05, 0.1) is 7.11 Å². The SMILES string of the molecule is CCCc1nc(-n2c(Cl)ccc2Cl)c(C(=O)OC)[nH]1. The summed E-state index contributed by atoms with van der Waals surface area (Å²) in [6.07, 6.45) is 1.63. The van der Waals surface area contributed by atoms with Crippen LogP contribution in [0.4, 0.5) is 0 Å². The normalized spacial score (nSPS) is 10.7. The zero-order chi connectivity index (χ0) is 14.0. The molecule has 0 unspecified atom stereocenters. The lowest BCUT2D eigenvalue weighted by atomic mass is 10.3. The van der Waals surface area contributed by atoms with Crippen molar-refractivity contribution in [3.8, 4) is 5.82 Å². The molecule has 19 heavy (non-hydrogen) atoms. The number of carbonyl (C=O) groups excluding carboxylic acids is 1. The number of nitrogens with one attached hydrogen (secondary N) is 1. The van der Waals surface area contributed by atoms with Crippen molar-refractivity contribution in [2.24, 2.45) is 0 Å². The van der Waals surface area contributed by atoms with Crippen molar-refractivity contribution in [1.29, 1.82) is 0 Å². The number of methoxy groups -OCH3 is 1. The van der Waals surface area contributed by atoms with Crippen LogP contribution in [0.3, 0.4) is 0 Å². The lowest BCUT2D eigenvalue weighted by Crippen LogP contribution is -2.07. The van der Waals surface area contributed by atoms with Crippen molar-refractivity contribution in [2.45, 2.75) is 19.8 Å². The predicted octanol–water partition coefficient (Wildman–Crippen LogP) is 3.25. The molecule has 0 radical (unpaired) electrons. The van der Waals surface area contributed by atoms with E-state index >= 15 is 0 Å². The van der Waals surface area contributed by atoms with E-state index in [0.717, 1.165) is 12.8 Å². The first-order valence-corrected chi connectivity index (χ1v) is 6.54. The van der Waals surface area contributed by atoms with Gasteiger partial charge in [0.1, 0.15) is 16.1 Å². The van der Waals surface area contributed by atoms with Gasteiger partial charge in [-0.3, -0.25) is 4.57 Å². The number of aryl methyl sites for hydroxylation is 1. The molecule has 0 saturated heterocycles. The number of rotatable bonds is 4. The monoisotopic (exact) mass is 301 g/mol. The molecule has 0 atom stereocenters. The van der Waals surface area contributed by atoms with E-state index in [0.29, 0.717) is 21.9 Å². The van der Waals surface area contributed by atoms with Crippen LogP contribution >= 0.6 is 23.2 Å². The molecule has 2 rings (SSSR count). The van der Waals surface area contributed by atoms with Crippen LogP contribution in [0.25, 0.3) is 5.82 Å². The van der Waals surface area contributed by atoms with Crippen molar-refractivity contribution in [3.63, 3.8) is 0 Å². The predicted molar refractivity (Wildman–Crippen MR) is 73.3 cm³/mol. The molecular weight excluding hydrogens is 289 g/mol. The van der Waals surface area contributed by atoms with Crippen LogP contribution in [0.1, 0.15) is 29.7 Å². The molecular formula is C12H13Cl2N3O2. The molecule has 0 fully saturated rings. The average Bonchev–Trinajstić information content (AvgIpc) is 2.93. The number of imidazole rings is 1. The van der Waals surface area contributed by atoms with Gasteiger partial charge < -0.3 is 9.72 Å². The van der Waals surface area contributed by atoms with E-state index in [9.17, 15) is 4.79 Å². The van der Waals surface area contributed by atoms with Crippen LogP contribution in [-0.2, 0) is 11.2 Å². The summed E-state index contributed by atoms with van der Waals surface area (Å²) in [5.41, 5.74) is 0.242. The molecule has 2 aromatic rings. The quantitative estimate of drug-likeness (QED) is 0.882. The third kappa shape index (κ3) is 2.62. The van der Waals surface area contributed by atoms with Crippen molar-refractivity contribution < 1.29 is 9.53 Å². The highest BCUT2D eigenvalue weighted by Gasteiger charge is 2.21. The van der Waals surface area contributed by atoms with E-state index in [1.807, 2.05) is 6.92 Å². The Hall–Kier alpha value is -1.46. The summed E-state index contributed by atoms with van der Waals surface area (Å²) in [5, 5.41) is 0.759. The molecule has 0 aromatic carbocycles. The van der Waals surface area contributed by atoms with Crippen molar-refractivity contribution in [3.05, 3.63) is 34.0 Å². The minimum absolute atomic E-state index is 0.242. The molecule has 5 nitrogen and oxygen atoms in total. The van der Waals surface area contributed by atoms with Crippen molar-refractivity contribution in [2.75, 3.05) is 7.11 Å². The molecule has 0 bridgehead atoms. The summed E-state index contributed by atoms with van der Waals surface area (Å²) in [5.74, 6) is 0.541. The fraction of sp³-hybridized carbons (Fsp3) is 0.333. The summed E-state index contributed by atoms with van der Waals surface area (Å²) in [7, 11) is 1.31. The maximum Gasteiger partial charge on any atom is 0.358 e. The van der Waals surface area contributed by atoms with Crippen LogP contribution in [0, 0.1) is 0 Å². The largest absolute Gasteiger partial charge is 0.464 e. The molecule has 2 heterocycles. The molecule has 7 heteroatoms. The Morgan fingerprint density at radius 1 is 1.42 bits per heavy atom. The van der Waals surface area contributed by atoms with Gasteiger partial charge in [-0.25, -0.2) is 9.78 Å². The van der Waals surface area contributed by atoms with E-state index in [-0.39, 0.29) is 5.69 Å². The zero-order valence-electron chi connectivity index (χ0n) is 10.5. The second-order valence-corrected chi connectivity index (χ2v) is 4.71. The standard InChI is InChI=1S/C12H13Cl2N3O2/c1-3-4-9-15-10(12(18)19-2)11(16-9)17-7(13)5-6-8(17)14/h5-6H,3-4H2,1-2H3,(H,15,16). The number of H-pyrrole nitrogens is 1. The first-order valence-electron chi connectivity index (χ1n) is 5.78. The summed E-state index contributed by atoms with van der Waals surface area (Å²) in [6.45, 7) is 2.02. The van der Waals surface area contributed by atoms with Crippen LogP contribution in [0.15, 0.2) is 12.1 Å². The average molecular weight is 302 g/mol. The van der Waals surface area contributed by atoms with Crippen molar-refractivity contribution >= 4 is 29.2 Å². The second-order valence-electron chi connectivity index (χ2n) is 3.94. The Labute approximate surface area is 120 Å². The zero-order valence-corrected chi connectivity index (χ0v) is 12.0. The number of aromatic nitrogens is 3. The highest BCUT2D eigenvalue weighted by Crippen LogP contribution is 2.26. The topological polar surface area (TPSA) is 59.9 Å². The minimum Gasteiger partial charge on any atom is -0.464 e. The van der Waals surface area contributed by atoms with Gasteiger partial charge >= 0.3 is 5.97 Å². The first-order chi connectivity index (χ1) is 9.08. The number of aromatic amines is 1. The van der Waals surface area contributed by atoms with E-state index in [4.69, 9.17) is 27.9 Å². The van der Waals surface area contributed by atoms with E-state index in [1.54, 1.807) is 12.1 Å². The molecule has 0 aliphatic rings. The number of hydrogen-bond donors (Lipinski definition) is 1. The molecule has 1 N–H and O–H groups in total. The number of halogens is 2. The van der Waals surface area contributed by atoms with Gasteiger partial charge in [0.15, 0.2) is 11.5 Å². The summed E-state index contributed by atoms with van der Waals surface area (Å²) in [6, 6.07) is 3.28. The second kappa shape index (κ2) is 5.67. The number of nitrogens with zero attached hydrogens (tertiary/aromatic N) is 2. The molecule has 102 valence electrons. The smallest absolute Gasteiger partial charge is 0.358 e. The van der Waals surface area contributed by atoms with Gasteiger partial charge in [0.25, 0.3) is 0 Å². The van der Waals surface area contributed by atoms with Crippen LogP contribution < -0.4 is 0 Å². The first kappa shape index (κ1) is 14.0. The fourth-order valence-electron chi connectivity index (χ4n) is 1.76. The molecule has 0 aliphatic heterocycles. The number of hydrogen-bond acceptors (Lipinski definition) is 3. The Kier molecular flexibility index (Phi) is 4.17. The Bertz CT molecular complexity index is 585. The maximum absolute atomic E-state index is 11.8. The van der Waals surface area contributed by atoms with Gasteiger partial charge in [0, 0.05) is 6.42 Å². The third-order valence-electron chi connectivity index (χ3n) is 2.61. The Balaban J connectivity index is 2.57. The number of ether oxygens (including phenoxy) is 1. The Morgan fingerprint density at radius 2 is 2.05 bits per heavy atom. The van der Waals surface area contributed by atoms with Gasteiger partial charge in [-0.05, 0) is 18.6 Å². The molecule has 0 spiro atoms. The van der Waals surface area contributed by atoms with Gasteiger partial charge in [-0.2, -0.15) is 0 Å². The molecule has 0 aliphatic carbocycles. The highest BCUT2D eigenvalue weighted by atomic mass is 35.5. The number of carbonyl (C=O) groups is 1. The molecule has 0 amide bonds. The lowest BCUT2D eigenvalue weighted by molar-refractivity contribution is 0.0594. The van der Waals surface area contributed by atoms with Gasteiger partial charge in [0.2, 0.25) is 0 Å². The maximum atomic E-state index is 11.8. The van der Waals surface area contributed by atoms with E-state index in [1.165, 1.54) is 11.7 Å². The summed E-state index contributed by atoms with van der Waals surface area (Å²) in [4.78, 5) is 19.1. The van der Waals surface area contributed by atoms with Crippen molar-refractivity contribution in [1.82, 2.24) is 14.5 Å². The van der Waals surface area contributed by atoms with Gasteiger partial charge in [-0.1, -0.05) is 30.1 Å². The van der Waals surface area contributed by atoms with E-state index in [2.05, 4.69) is 9.97 Å². The lowest BCUT2D eigenvalue weighted by Gasteiger charge is -2.05.